The molecule has 0 bridgehead atoms. The van der Waals surface area contributed by atoms with Gasteiger partial charge in [-0.2, -0.15) is 0 Å². The van der Waals surface area contributed by atoms with Crippen LogP contribution in [0.25, 0.3) is 16.6 Å². The van der Waals surface area contributed by atoms with Gasteiger partial charge >= 0.3 is 0 Å². The second-order valence-corrected chi connectivity index (χ2v) is 6.80. The number of benzene rings is 2. The van der Waals surface area contributed by atoms with Crippen LogP contribution in [0.2, 0.25) is 0 Å². The molecule has 1 aliphatic heterocycles. The highest BCUT2D eigenvalue weighted by molar-refractivity contribution is 5.98. The van der Waals surface area contributed by atoms with Crippen molar-refractivity contribution in [1.82, 2.24) is 4.57 Å². The van der Waals surface area contributed by atoms with Gasteiger partial charge in [0.05, 0.1) is 11.2 Å². The van der Waals surface area contributed by atoms with Gasteiger partial charge in [0, 0.05) is 29.1 Å². The van der Waals surface area contributed by atoms with E-state index in [0.29, 0.717) is 11.8 Å². The second kappa shape index (κ2) is 5.52. The normalized spacial score (nSPS) is 22.9. The van der Waals surface area contributed by atoms with Crippen LogP contribution in [0.5, 0.6) is 0 Å². The van der Waals surface area contributed by atoms with E-state index in [4.69, 9.17) is 4.84 Å². The third-order valence-electron chi connectivity index (χ3n) is 5.42. The number of fused-ring (bicyclic) bond motifs is 2. The average Bonchev–Trinajstić information content (AvgIpc) is 3.27. The van der Waals surface area contributed by atoms with Crippen LogP contribution >= 0.6 is 0 Å². The van der Waals surface area contributed by atoms with Gasteiger partial charge in [-0.1, -0.05) is 48.0 Å². The SMILES string of the molecule is c1ccc(-n2cc([C@@H]3CCC[C@H]4CON=C43)c3ccccc32)cc1. The summed E-state index contributed by atoms with van der Waals surface area (Å²) in [5.41, 5.74) is 5.12. The van der Waals surface area contributed by atoms with Gasteiger partial charge in [-0.05, 0) is 36.6 Å². The third kappa shape index (κ3) is 2.08. The number of rotatable bonds is 2. The maximum Gasteiger partial charge on any atom is 0.125 e. The van der Waals surface area contributed by atoms with Crippen molar-refractivity contribution < 1.29 is 4.84 Å². The molecule has 3 nitrogen and oxygen atoms in total. The van der Waals surface area contributed by atoms with Crippen LogP contribution in [0.1, 0.15) is 30.7 Å². The van der Waals surface area contributed by atoms with E-state index in [0.717, 1.165) is 6.61 Å². The molecule has 0 spiro atoms. The lowest BCUT2D eigenvalue weighted by Crippen LogP contribution is -2.25. The first-order valence-corrected chi connectivity index (χ1v) is 8.77. The summed E-state index contributed by atoms with van der Waals surface area (Å²) in [6, 6.07) is 19.3. The molecule has 120 valence electrons. The van der Waals surface area contributed by atoms with Crippen molar-refractivity contribution in [1.29, 1.82) is 0 Å². The van der Waals surface area contributed by atoms with E-state index in [-0.39, 0.29) is 0 Å². The second-order valence-electron chi connectivity index (χ2n) is 6.80. The molecule has 0 amide bonds. The van der Waals surface area contributed by atoms with E-state index in [1.54, 1.807) is 0 Å². The Bertz CT molecular complexity index is 910. The predicted octanol–water partition coefficient (Wildman–Crippen LogP) is 4.90. The third-order valence-corrected chi connectivity index (χ3v) is 5.42. The molecule has 2 heterocycles. The van der Waals surface area contributed by atoms with Gasteiger partial charge in [0.1, 0.15) is 6.61 Å². The number of nitrogens with zero attached hydrogens (tertiary/aromatic N) is 2. The Morgan fingerprint density at radius 3 is 2.71 bits per heavy atom. The van der Waals surface area contributed by atoms with E-state index in [1.807, 2.05) is 0 Å². The molecule has 2 aromatic carbocycles. The van der Waals surface area contributed by atoms with Crippen LogP contribution in [0.4, 0.5) is 0 Å². The number of hydrogen-bond donors (Lipinski definition) is 0. The quantitative estimate of drug-likeness (QED) is 0.660. The molecule has 1 aromatic heterocycles. The molecule has 3 heteroatoms. The van der Waals surface area contributed by atoms with Crippen molar-refractivity contribution in [3.05, 3.63) is 66.4 Å². The monoisotopic (exact) mass is 316 g/mol. The fourth-order valence-electron chi connectivity index (χ4n) is 4.26. The largest absolute Gasteiger partial charge is 0.395 e. The fourth-order valence-corrected chi connectivity index (χ4v) is 4.26. The van der Waals surface area contributed by atoms with Gasteiger partial charge < -0.3 is 9.40 Å². The van der Waals surface area contributed by atoms with Gasteiger partial charge in [-0.15, -0.1) is 0 Å². The Morgan fingerprint density at radius 1 is 0.958 bits per heavy atom. The van der Waals surface area contributed by atoms with Crippen molar-refractivity contribution in [2.75, 3.05) is 6.61 Å². The molecule has 0 N–H and O–H groups in total. The molecule has 1 saturated carbocycles. The van der Waals surface area contributed by atoms with Crippen molar-refractivity contribution in [3.8, 4) is 5.69 Å². The number of para-hydroxylation sites is 2. The highest BCUT2D eigenvalue weighted by atomic mass is 16.6. The summed E-state index contributed by atoms with van der Waals surface area (Å²) in [7, 11) is 0. The minimum absolute atomic E-state index is 0.390. The highest BCUT2D eigenvalue weighted by Crippen LogP contribution is 2.40. The van der Waals surface area contributed by atoms with Crippen LogP contribution in [-0.4, -0.2) is 16.9 Å². The smallest absolute Gasteiger partial charge is 0.125 e. The molecular weight excluding hydrogens is 296 g/mol. The van der Waals surface area contributed by atoms with E-state index < -0.39 is 0 Å². The van der Waals surface area contributed by atoms with Crippen molar-refractivity contribution >= 4 is 16.6 Å². The highest BCUT2D eigenvalue weighted by Gasteiger charge is 2.35. The van der Waals surface area contributed by atoms with Crippen LogP contribution in [0.15, 0.2) is 65.9 Å². The molecule has 0 radical (unpaired) electrons. The van der Waals surface area contributed by atoms with Gasteiger partial charge in [-0.25, -0.2) is 0 Å². The van der Waals surface area contributed by atoms with Crippen LogP contribution in [0.3, 0.4) is 0 Å². The summed E-state index contributed by atoms with van der Waals surface area (Å²) in [6.07, 6.45) is 5.95. The van der Waals surface area contributed by atoms with Crippen LogP contribution < -0.4 is 0 Å². The lowest BCUT2D eigenvalue weighted by molar-refractivity contribution is 0.152. The maximum absolute atomic E-state index is 5.43. The number of hydrogen-bond acceptors (Lipinski definition) is 2. The minimum atomic E-state index is 0.390. The van der Waals surface area contributed by atoms with Gasteiger partial charge in [-0.3, -0.25) is 0 Å². The molecule has 2 atom stereocenters. The van der Waals surface area contributed by atoms with E-state index in [9.17, 15) is 0 Å². The molecule has 0 unspecified atom stereocenters. The maximum atomic E-state index is 5.43. The first-order chi connectivity index (χ1) is 11.9. The van der Waals surface area contributed by atoms with Crippen molar-refractivity contribution in [2.45, 2.75) is 25.2 Å². The molecular formula is C21H20N2O. The van der Waals surface area contributed by atoms with Gasteiger partial charge in [0.15, 0.2) is 0 Å². The van der Waals surface area contributed by atoms with Crippen LogP contribution in [0, 0.1) is 5.92 Å². The molecule has 1 aliphatic carbocycles. The standard InChI is InChI=1S/C21H20N2O/c1-2-8-16(9-3-1)23-13-19(17-10-4-5-12-20(17)23)18-11-6-7-15-14-24-22-21(15)18/h1-5,8-10,12-13,15,18H,6-7,11,14H2/t15-,18-/m0/s1. The van der Waals surface area contributed by atoms with E-state index in [2.05, 4.69) is 70.5 Å². The summed E-state index contributed by atoms with van der Waals surface area (Å²) < 4.78 is 2.31. The van der Waals surface area contributed by atoms with Crippen LogP contribution in [-0.2, 0) is 4.84 Å². The number of oxime groups is 1. The first kappa shape index (κ1) is 13.8. The fraction of sp³-hybridized carbons (Fsp3) is 0.286. The van der Waals surface area contributed by atoms with Gasteiger partial charge in [0.25, 0.3) is 0 Å². The first-order valence-electron chi connectivity index (χ1n) is 8.77. The topological polar surface area (TPSA) is 26.5 Å². The Kier molecular flexibility index (Phi) is 3.18. The lowest BCUT2D eigenvalue weighted by Gasteiger charge is -2.25. The zero-order valence-corrected chi connectivity index (χ0v) is 13.6. The summed E-state index contributed by atoms with van der Waals surface area (Å²) in [5, 5.41) is 5.75. The number of aromatic nitrogens is 1. The average molecular weight is 316 g/mol. The molecule has 2 aliphatic rings. The van der Waals surface area contributed by atoms with Crippen molar-refractivity contribution in [2.24, 2.45) is 11.1 Å². The summed E-state index contributed by atoms with van der Waals surface area (Å²) in [4.78, 5) is 5.43. The van der Waals surface area contributed by atoms with Crippen molar-refractivity contribution in [3.63, 3.8) is 0 Å². The van der Waals surface area contributed by atoms with E-state index in [1.165, 1.54) is 47.1 Å². The molecule has 0 saturated heterocycles. The Labute approximate surface area is 141 Å². The zero-order chi connectivity index (χ0) is 15.9. The molecule has 1 fully saturated rings. The minimum Gasteiger partial charge on any atom is -0.395 e. The summed E-state index contributed by atoms with van der Waals surface area (Å²) in [6.45, 7) is 0.767. The van der Waals surface area contributed by atoms with Gasteiger partial charge in [0.2, 0.25) is 0 Å². The van der Waals surface area contributed by atoms with E-state index >= 15 is 0 Å². The summed E-state index contributed by atoms with van der Waals surface area (Å²) in [5.74, 6) is 0.906. The Hall–Kier alpha value is -2.55. The lowest BCUT2D eigenvalue weighted by atomic mass is 9.77. The molecule has 24 heavy (non-hydrogen) atoms. The Morgan fingerprint density at radius 2 is 1.79 bits per heavy atom. The Balaban J connectivity index is 1.69. The zero-order valence-electron chi connectivity index (χ0n) is 13.6. The summed E-state index contributed by atoms with van der Waals surface area (Å²) >= 11 is 0. The molecule has 5 rings (SSSR count). The molecule has 3 aromatic rings. The predicted molar refractivity (Wildman–Crippen MR) is 96.7 cm³/mol.